The molecular formula is C48H82NO7P. The van der Waals surface area contributed by atoms with Gasteiger partial charge in [0.1, 0.15) is 19.3 Å². The van der Waals surface area contributed by atoms with Crippen LogP contribution in [0.1, 0.15) is 142 Å². The maximum absolute atomic E-state index is 12.7. The summed E-state index contributed by atoms with van der Waals surface area (Å²) in [5.74, 6) is -0.365. The Morgan fingerprint density at radius 2 is 0.965 bits per heavy atom. The monoisotopic (exact) mass is 816 g/mol. The van der Waals surface area contributed by atoms with Crippen molar-refractivity contribution < 1.29 is 37.3 Å². The van der Waals surface area contributed by atoms with Gasteiger partial charge in [0, 0.05) is 13.0 Å². The van der Waals surface area contributed by atoms with Crippen molar-refractivity contribution in [3.63, 3.8) is 0 Å². The summed E-state index contributed by atoms with van der Waals surface area (Å²) >= 11 is 0. The van der Waals surface area contributed by atoms with E-state index in [4.69, 9.17) is 18.5 Å². The van der Waals surface area contributed by atoms with Crippen molar-refractivity contribution in [2.75, 3.05) is 54.1 Å². The zero-order chi connectivity index (χ0) is 42.0. The van der Waals surface area contributed by atoms with E-state index >= 15 is 0 Å². The number of phosphoric acid groups is 1. The van der Waals surface area contributed by atoms with Gasteiger partial charge in [-0.3, -0.25) is 9.36 Å². The molecule has 0 saturated heterocycles. The molecule has 2 unspecified atom stereocenters. The number of ether oxygens (including phenoxy) is 2. The molecule has 0 radical (unpaired) electrons. The molecular weight excluding hydrogens is 734 g/mol. The van der Waals surface area contributed by atoms with Gasteiger partial charge in [0.15, 0.2) is 0 Å². The number of carbonyl (C=O) groups excluding carboxylic acids is 1. The molecule has 0 aromatic heterocycles. The average Bonchev–Trinajstić information content (AvgIpc) is 3.16. The Balaban J connectivity index is 4.36. The molecule has 0 amide bonds. The number of hydrogen-bond acceptors (Lipinski definition) is 7. The quantitative estimate of drug-likeness (QED) is 0.0200. The van der Waals surface area contributed by atoms with E-state index in [9.17, 15) is 14.3 Å². The fraction of sp³-hybridized carbons (Fsp3) is 0.646. The Bertz CT molecular complexity index is 1230. The highest BCUT2D eigenvalue weighted by molar-refractivity contribution is 7.45. The first-order chi connectivity index (χ1) is 27.6. The summed E-state index contributed by atoms with van der Waals surface area (Å²) in [4.78, 5) is 25.1. The van der Waals surface area contributed by atoms with Gasteiger partial charge in [-0.2, -0.15) is 0 Å². The normalized spacial score (nSPS) is 14.7. The third-order valence-corrected chi connectivity index (χ3v) is 9.59. The Morgan fingerprint density at radius 3 is 1.44 bits per heavy atom. The van der Waals surface area contributed by atoms with Gasteiger partial charge in [-0.05, 0) is 89.9 Å². The van der Waals surface area contributed by atoms with Gasteiger partial charge in [0.25, 0.3) is 7.82 Å². The van der Waals surface area contributed by atoms with Crippen LogP contribution in [0.2, 0.25) is 0 Å². The highest BCUT2D eigenvalue weighted by Crippen LogP contribution is 2.38. The fourth-order valence-electron chi connectivity index (χ4n) is 5.29. The van der Waals surface area contributed by atoms with Crippen LogP contribution in [-0.2, 0) is 27.9 Å². The molecule has 0 aliphatic carbocycles. The molecule has 8 nitrogen and oxygen atoms in total. The maximum atomic E-state index is 12.7. The molecule has 0 aromatic rings. The van der Waals surface area contributed by atoms with Crippen LogP contribution < -0.4 is 4.89 Å². The fourth-order valence-corrected chi connectivity index (χ4v) is 6.02. The number of hydrogen-bond donors (Lipinski definition) is 0. The number of esters is 1. The zero-order valence-electron chi connectivity index (χ0n) is 36.7. The van der Waals surface area contributed by atoms with E-state index in [-0.39, 0.29) is 32.2 Å². The van der Waals surface area contributed by atoms with Gasteiger partial charge in [-0.25, -0.2) is 0 Å². The third-order valence-electron chi connectivity index (χ3n) is 8.63. The van der Waals surface area contributed by atoms with Gasteiger partial charge in [0.05, 0.1) is 34.4 Å². The van der Waals surface area contributed by atoms with Crippen LogP contribution in [0.3, 0.4) is 0 Å². The van der Waals surface area contributed by atoms with Crippen molar-refractivity contribution in [3.05, 3.63) is 97.2 Å². The minimum absolute atomic E-state index is 0.00954. The topological polar surface area (TPSA) is 94.1 Å². The van der Waals surface area contributed by atoms with E-state index in [0.29, 0.717) is 17.6 Å². The highest BCUT2D eigenvalue weighted by atomic mass is 31.2. The van der Waals surface area contributed by atoms with Crippen LogP contribution in [-0.4, -0.2) is 70.7 Å². The van der Waals surface area contributed by atoms with Crippen LogP contribution in [0.15, 0.2) is 97.2 Å². The summed E-state index contributed by atoms with van der Waals surface area (Å²) in [6.07, 6.45) is 54.3. The van der Waals surface area contributed by atoms with Gasteiger partial charge in [-0.15, -0.1) is 0 Å². The molecule has 0 rings (SSSR count). The number of unbranched alkanes of at least 4 members (excludes halogenated alkanes) is 9. The molecule has 2 atom stereocenters. The molecule has 57 heavy (non-hydrogen) atoms. The van der Waals surface area contributed by atoms with Crippen LogP contribution in [0.4, 0.5) is 0 Å². The zero-order valence-corrected chi connectivity index (χ0v) is 37.6. The Morgan fingerprint density at radius 1 is 0.544 bits per heavy atom. The first-order valence-corrected chi connectivity index (χ1v) is 23.4. The summed E-state index contributed by atoms with van der Waals surface area (Å²) in [6.45, 7) is 5.03. The van der Waals surface area contributed by atoms with E-state index in [2.05, 4.69) is 111 Å². The summed E-state index contributed by atoms with van der Waals surface area (Å²) in [5.41, 5.74) is 0. The molecule has 0 saturated carbocycles. The SMILES string of the molecule is CC/C=C\C/C=C\C/C=C\C/C=C\C/C=C\CCCCOCC(COP(=O)([O-])OCC[N+](C)(C)C)OC(=O)CCCCCCCCC/C=C\C/C=C\C/C=C\CC. The van der Waals surface area contributed by atoms with Gasteiger partial charge in [-0.1, -0.05) is 143 Å². The minimum Gasteiger partial charge on any atom is -0.756 e. The third kappa shape index (κ3) is 44.4. The van der Waals surface area contributed by atoms with Crippen LogP contribution in [0.25, 0.3) is 0 Å². The number of rotatable bonds is 39. The Hall–Kier alpha value is -2.58. The van der Waals surface area contributed by atoms with Crippen molar-refractivity contribution in [2.45, 2.75) is 148 Å². The molecule has 9 heteroatoms. The van der Waals surface area contributed by atoms with Crippen molar-refractivity contribution in [1.29, 1.82) is 0 Å². The lowest BCUT2D eigenvalue weighted by Gasteiger charge is -2.28. The highest BCUT2D eigenvalue weighted by Gasteiger charge is 2.20. The number of phosphoric ester groups is 1. The van der Waals surface area contributed by atoms with Gasteiger partial charge in [0.2, 0.25) is 0 Å². The molecule has 326 valence electrons. The van der Waals surface area contributed by atoms with Crippen LogP contribution >= 0.6 is 7.82 Å². The first-order valence-electron chi connectivity index (χ1n) is 22.0. The lowest BCUT2D eigenvalue weighted by molar-refractivity contribution is -0.870. The molecule has 0 bridgehead atoms. The Kier molecular flexibility index (Phi) is 38.4. The summed E-state index contributed by atoms with van der Waals surface area (Å²) in [6, 6.07) is 0. The predicted molar refractivity (Wildman–Crippen MR) is 240 cm³/mol. The van der Waals surface area contributed by atoms with Gasteiger partial charge >= 0.3 is 5.97 Å². The first kappa shape index (κ1) is 54.4. The lowest BCUT2D eigenvalue weighted by atomic mass is 10.1. The standard InChI is InChI=1S/C48H82NO7P/c1-6-8-10-12-14-16-18-20-22-24-26-28-30-32-34-36-38-40-43-53-45-47(46-55-57(51,52)54-44-42-49(3,4)5)56-48(50)41-39-37-35-33-31-29-27-25-23-21-19-17-15-13-11-9-7-2/h8-11,14-17,20-23,26,28,32,34,47H,6-7,12-13,18-19,24-25,27,29-31,33,35-46H2,1-5H3/b10-8-,11-9-,16-14-,17-15-,22-20-,23-21-,28-26-,34-32-. The second kappa shape index (κ2) is 40.2. The largest absolute Gasteiger partial charge is 0.756 e. The number of quaternary nitrogens is 1. The number of allylic oxidation sites excluding steroid dienone is 16. The van der Waals surface area contributed by atoms with E-state index in [1.54, 1.807) is 0 Å². The predicted octanol–water partition coefficient (Wildman–Crippen LogP) is 12.4. The number of carbonyl (C=O) groups is 1. The van der Waals surface area contributed by atoms with E-state index in [0.717, 1.165) is 103 Å². The van der Waals surface area contributed by atoms with Crippen molar-refractivity contribution in [3.8, 4) is 0 Å². The molecule has 0 fully saturated rings. The molecule has 0 aromatic carbocycles. The second-order valence-electron chi connectivity index (χ2n) is 15.3. The van der Waals surface area contributed by atoms with Crippen LogP contribution in [0, 0.1) is 0 Å². The number of nitrogens with zero attached hydrogens (tertiary/aromatic N) is 1. The number of likely N-dealkylation sites (N-methyl/N-ethyl adjacent to an activating group) is 1. The van der Waals surface area contributed by atoms with Crippen molar-refractivity contribution in [1.82, 2.24) is 0 Å². The van der Waals surface area contributed by atoms with E-state index < -0.39 is 13.9 Å². The summed E-state index contributed by atoms with van der Waals surface area (Å²) < 4.78 is 34.5. The smallest absolute Gasteiger partial charge is 0.306 e. The van der Waals surface area contributed by atoms with E-state index in [1.165, 1.54) is 19.3 Å². The second-order valence-corrected chi connectivity index (χ2v) is 16.7. The Labute approximate surface area is 349 Å². The van der Waals surface area contributed by atoms with Gasteiger partial charge < -0.3 is 27.9 Å². The molecule has 0 heterocycles. The maximum Gasteiger partial charge on any atom is 0.306 e. The molecule has 0 aliphatic rings. The van der Waals surface area contributed by atoms with E-state index in [1.807, 2.05) is 21.1 Å². The van der Waals surface area contributed by atoms with Crippen LogP contribution in [0.5, 0.6) is 0 Å². The lowest BCUT2D eigenvalue weighted by Crippen LogP contribution is -2.37. The van der Waals surface area contributed by atoms with Crippen molar-refractivity contribution in [2.24, 2.45) is 0 Å². The molecule has 0 N–H and O–H groups in total. The summed E-state index contributed by atoms with van der Waals surface area (Å²) in [5, 5.41) is 0. The minimum atomic E-state index is -4.55. The molecule has 0 aliphatic heterocycles. The summed E-state index contributed by atoms with van der Waals surface area (Å²) in [7, 11) is 1.30. The average molecular weight is 816 g/mol. The van der Waals surface area contributed by atoms with Crippen molar-refractivity contribution >= 4 is 13.8 Å². The molecule has 0 spiro atoms.